The summed E-state index contributed by atoms with van der Waals surface area (Å²) in [5.74, 6) is -0.579. The van der Waals surface area contributed by atoms with Crippen LogP contribution in [0.3, 0.4) is 0 Å². The smallest absolute Gasteiger partial charge is 0.463 e. The predicted octanol–water partition coefficient (Wildman–Crippen LogP) is 5.53. The van der Waals surface area contributed by atoms with Gasteiger partial charge in [-0.25, -0.2) is 4.57 Å². The molecule has 214 valence electrons. The average molecular weight is 546 g/mol. The van der Waals surface area contributed by atoms with Crippen LogP contribution in [0.1, 0.15) is 90.9 Å². The molecule has 0 aromatic rings. The largest absolute Gasteiger partial charge is 0.472 e. The van der Waals surface area contributed by atoms with E-state index >= 15 is 0 Å². The van der Waals surface area contributed by atoms with E-state index in [0.29, 0.717) is 12.8 Å². The zero-order valence-corrected chi connectivity index (χ0v) is 23.5. The molecular weight excluding hydrogens is 497 g/mol. The molecule has 0 aromatic carbocycles. The van der Waals surface area contributed by atoms with Gasteiger partial charge in [0.1, 0.15) is 12.7 Å². The number of carbonyl (C=O) groups is 2. The van der Waals surface area contributed by atoms with Crippen molar-refractivity contribution in [1.29, 1.82) is 0 Å². The SMILES string of the molecule is CC/C=C\C/C=C\C/C=C\CCCCCC(=O)OCC(O)COP(=O)(O)OCCNC(=O)CCCCC. The number of hydrogen-bond acceptors (Lipinski definition) is 7. The van der Waals surface area contributed by atoms with Crippen molar-refractivity contribution in [3.05, 3.63) is 36.5 Å². The number of esters is 1. The minimum absolute atomic E-state index is 0.0733. The van der Waals surface area contributed by atoms with Crippen molar-refractivity contribution in [3.8, 4) is 0 Å². The second-order valence-corrected chi connectivity index (χ2v) is 10.1. The van der Waals surface area contributed by atoms with Crippen molar-refractivity contribution < 1.29 is 37.9 Å². The molecule has 1 amide bonds. The minimum atomic E-state index is -4.39. The van der Waals surface area contributed by atoms with Gasteiger partial charge in [-0.05, 0) is 44.9 Å². The van der Waals surface area contributed by atoms with Crippen LogP contribution in [0.5, 0.6) is 0 Å². The molecule has 0 heterocycles. The van der Waals surface area contributed by atoms with Gasteiger partial charge in [0, 0.05) is 19.4 Å². The molecule has 0 rings (SSSR count). The highest BCUT2D eigenvalue weighted by Gasteiger charge is 2.23. The monoisotopic (exact) mass is 545 g/mol. The van der Waals surface area contributed by atoms with Crippen molar-refractivity contribution in [2.24, 2.45) is 0 Å². The van der Waals surface area contributed by atoms with Crippen molar-refractivity contribution in [3.63, 3.8) is 0 Å². The van der Waals surface area contributed by atoms with Crippen molar-refractivity contribution >= 4 is 19.7 Å². The summed E-state index contributed by atoms with van der Waals surface area (Å²) in [6.07, 6.45) is 21.6. The fraction of sp³-hybridized carbons (Fsp3) is 0.704. The van der Waals surface area contributed by atoms with Crippen LogP contribution in [0.4, 0.5) is 0 Å². The van der Waals surface area contributed by atoms with Crippen LogP contribution in [0.15, 0.2) is 36.5 Å². The van der Waals surface area contributed by atoms with E-state index in [0.717, 1.165) is 57.8 Å². The second-order valence-electron chi connectivity index (χ2n) is 8.63. The van der Waals surface area contributed by atoms with Gasteiger partial charge in [0.2, 0.25) is 5.91 Å². The summed E-state index contributed by atoms with van der Waals surface area (Å²) in [4.78, 5) is 33.0. The average Bonchev–Trinajstić information content (AvgIpc) is 2.87. The lowest BCUT2D eigenvalue weighted by Gasteiger charge is -2.15. The van der Waals surface area contributed by atoms with Gasteiger partial charge in [0.05, 0.1) is 13.2 Å². The molecule has 0 radical (unpaired) electrons. The highest BCUT2D eigenvalue weighted by molar-refractivity contribution is 7.47. The summed E-state index contributed by atoms with van der Waals surface area (Å²) in [7, 11) is -4.39. The van der Waals surface area contributed by atoms with E-state index in [1.54, 1.807) is 0 Å². The van der Waals surface area contributed by atoms with E-state index in [1.165, 1.54) is 0 Å². The maximum Gasteiger partial charge on any atom is 0.472 e. The molecule has 0 saturated carbocycles. The van der Waals surface area contributed by atoms with E-state index in [4.69, 9.17) is 13.8 Å². The number of phosphoric ester groups is 1. The predicted molar refractivity (Wildman–Crippen MR) is 146 cm³/mol. The van der Waals surface area contributed by atoms with Crippen LogP contribution < -0.4 is 5.32 Å². The summed E-state index contributed by atoms with van der Waals surface area (Å²) in [6.45, 7) is 3.17. The van der Waals surface area contributed by atoms with Crippen LogP contribution in [0.2, 0.25) is 0 Å². The van der Waals surface area contributed by atoms with Gasteiger partial charge >= 0.3 is 13.8 Å². The Morgan fingerprint density at radius 2 is 1.54 bits per heavy atom. The molecule has 0 bridgehead atoms. The third-order valence-corrected chi connectivity index (χ3v) is 6.07. The number of nitrogens with one attached hydrogen (secondary N) is 1. The molecule has 0 fully saturated rings. The van der Waals surface area contributed by atoms with Gasteiger partial charge in [0.25, 0.3) is 0 Å². The molecular formula is C27H48NO8P. The summed E-state index contributed by atoms with van der Waals surface area (Å²) in [6, 6.07) is 0. The summed E-state index contributed by atoms with van der Waals surface area (Å²) >= 11 is 0. The third kappa shape index (κ3) is 25.7. The quantitative estimate of drug-likeness (QED) is 0.0624. The van der Waals surface area contributed by atoms with Crippen molar-refractivity contribution in [2.75, 3.05) is 26.4 Å². The molecule has 2 atom stereocenters. The lowest BCUT2D eigenvalue weighted by atomic mass is 10.1. The van der Waals surface area contributed by atoms with Crippen molar-refractivity contribution in [2.45, 2.75) is 97.0 Å². The Balaban J connectivity index is 3.75. The fourth-order valence-corrected chi connectivity index (χ4v) is 3.79. The zero-order chi connectivity index (χ0) is 27.6. The van der Waals surface area contributed by atoms with Crippen LogP contribution in [0.25, 0.3) is 0 Å². The molecule has 9 nitrogen and oxygen atoms in total. The highest BCUT2D eigenvalue weighted by atomic mass is 31.2. The first kappa shape index (κ1) is 35.2. The first-order valence-electron chi connectivity index (χ1n) is 13.5. The number of amides is 1. The fourth-order valence-electron chi connectivity index (χ4n) is 3.04. The molecule has 0 saturated heterocycles. The normalized spacial score (nSPS) is 14.4. The van der Waals surface area contributed by atoms with Gasteiger partial charge < -0.3 is 20.1 Å². The highest BCUT2D eigenvalue weighted by Crippen LogP contribution is 2.42. The molecule has 2 unspecified atom stereocenters. The Morgan fingerprint density at radius 1 is 0.865 bits per heavy atom. The minimum Gasteiger partial charge on any atom is -0.463 e. The lowest BCUT2D eigenvalue weighted by molar-refractivity contribution is -0.147. The number of phosphoric acid groups is 1. The summed E-state index contributed by atoms with van der Waals surface area (Å²) < 4.78 is 26.3. The first-order valence-corrected chi connectivity index (χ1v) is 15.0. The van der Waals surface area contributed by atoms with Gasteiger partial charge in [0.15, 0.2) is 0 Å². The number of carbonyl (C=O) groups excluding carboxylic acids is 2. The molecule has 0 aliphatic rings. The number of aliphatic hydroxyl groups is 1. The maximum atomic E-state index is 11.8. The number of allylic oxidation sites excluding steroid dienone is 6. The number of unbranched alkanes of at least 4 members (excludes halogenated alkanes) is 5. The van der Waals surface area contributed by atoms with Crippen molar-refractivity contribution in [1.82, 2.24) is 5.32 Å². The third-order valence-electron chi connectivity index (χ3n) is 5.08. The van der Waals surface area contributed by atoms with E-state index in [1.807, 2.05) is 6.92 Å². The summed E-state index contributed by atoms with van der Waals surface area (Å²) in [5.41, 5.74) is 0. The second kappa shape index (κ2) is 24.6. The van der Waals surface area contributed by atoms with Crippen LogP contribution in [0, 0.1) is 0 Å². The van der Waals surface area contributed by atoms with E-state index in [9.17, 15) is 24.2 Å². The first-order chi connectivity index (χ1) is 17.8. The Hall–Kier alpha value is -1.77. The van der Waals surface area contributed by atoms with Gasteiger partial charge in [-0.1, -0.05) is 69.6 Å². The topological polar surface area (TPSA) is 131 Å². The molecule has 10 heteroatoms. The molecule has 37 heavy (non-hydrogen) atoms. The van der Waals surface area contributed by atoms with E-state index in [2.05, 4.69) is 48.7 Å². The zero-order valence-electron chi connectivity index (χ0n) is 22.6. The molecule has 3 N–H and O–H groups in total. The van der Waals surface area contributed by atoms with Crippen LogP contribution in [-0.2, 0) is 27.9 Å². The molecule has 0 aliphatic heterocycles. The number of rotatable bonds is 24. The number of hydrogen-bond donors (Lipinski definition) is 3. The lowest BCUT2D eigenvalue weighted by Crippen LogP contribution is -2.27. The summed E-state index contributed by atoms with van der Waals surface area (Å²) in [5, 5.41) is 12.4. The Kier molecular flexibility index (Phi) is 23.4. The van der Waals surface area contributed by atoms with E-state index < -0.39 is 26.5 Å². The van der Waals surface area contributed by atoms with E-state index in [-0.39, 0.29) is 32.1 Å². The molecule has 0 aromatic heterocycles. The van der Waals surface area contributed by atoms with Crippen LogP contribution in [-0.4, -0.2) is 54.3 Å². The van der Waals surface area contributed by atoms with Gasteiger partial charge in [-0.15, -0.1) is 0 Å². The Morgan fingerprint density at radius 3 is 2.24 bits per heavy atom. The van der Waals surface area contributed by atoms with Gasteiger partial charge in [-0.2, -0.15) is 0 Å². The van der Waals surface area contributed by atoms with Crippen LogP contribution >= 0.6 is 7.82 Å². The number of aliphatic hydroxyl groups excluding tert-OH is 1. The Labute approximate surface area is 223 Å². The molecule has 0 spiro atoms. The molecule has 0 aliphatic carbocycles. The Bertz CT molecular complexity index is 723. The number of ether oxygens (including phenoxy) is 1. The maximum absolute atomic E-state index is 11.8. The van der Waals surface area contributed by atoms with Gasteiger partial charge in [-0.3, -0.25) is 18.6 Å². The standard InChI is InChI=1S/C27H48NO8P/c1-3-5-7-8-9-10-11-12-13-14-15-16-18-20-27(31)34-23-25(29)24-36-37(32,33)35-22-21-28-26(30)19-17-6-4-2/h5,7,9-10,12-13,25,29H,3-4,6,8,11,14-24H2,1-2H3,(H,28,30)(H,32,33)/b7-5-,10-9-,13-12-.